The summed E-state index contributed by atoms with van der Waals surface area (Å²) < 4.78 is 0. The summed E-state index contributed by atoms with van der Waals surface area (Å²) >= 11 is 0. The molecule has 4 nitrogen and oxygen atoms in total. The molecule has 1 heterocycles. The minimum Gasteiger partial charge on any atom is -1.00 e. The molecule has 1 fully saturated rings. The molecule has 0 radical (unpaired) electrons. The molecule has 0 aromatic rings. The molecule has 7 heavy (non-hydrogen) atoms. The third kappa shape index (κ3) is 5.19. The second kappa shape index (κ2) is 3.37. The Morgan fingerprint density at radius 1 is 1.29 bits per heavy atom. The molecule has 1 rings (SSSR count). The van der Waals surface area contributed by atoms with E-state index in [0.29, 0.717) is 0 Å². The van der Waals surface area contributed by atoms with Crippen molar-refractivity contribution in [1.29, 1.82) is 0 Å². The summed E-state index contributed by atoms with van der Waals surface area (Å²) in [5.74, 6) is 0. The Balaban J connectivity index is -0.0000000312. The molecule has 38 valence electrons. The standard InChI is InChI=1S/CH2O4.Mg.Ti.2H/c2-1(3)4-5-1;;;;/h2-3H;;;;/q;+2;;2*-1. The van der Waals surface area contributed by atoms with Crippen molar-refractivity contribution in [2.24, 2.45) is 0 Å². The molecule has 0 saturated carbocycles. The van der Waals surface area contributed by atoms with E-state index < -0.39 is 6.16 Å². The summed E-state index contributed by atoms with van der Waals surface area (Å²) in [4.78, 5) is 7.01. The first-order chi connectivity index (χ1) is 2.21. The van der Waals surface area contributed by atoms with Crippen LogP contribution in [0.4, 0.5) is 0 Å². The van der Waals surface area contributed by atoms with Gasteiger partial charge in [-0.1, -0.05) is 0 Å². The van der Waals surface area contributed by atoms with E-state index >= 15 is 0 Å². The quantitative estimate of drug-likeness (QED) is 0.190. The van der Waals surface area contributed by atoms with Gasteiger partial charge in [-0.3, -0.25) is 0 Å². The zero-order chi connectivity index (χ0) is 3.91. The van der Waals surface area contributed by atoms with Gasteiger partial charge < -0.3 is 13.1 Å². The van der Waals surface area contributed by atoms with Crippen molar-refractivity contribution in [3.05, 3.63) is 0 Å². The van der Waals surface area contributed by atoms with Gasteiger partial charge in [0, 0.05) is 21.7 Å². The Labute approximate surface area is 73.7 Å². The Hall–Kier alpha value is 1.32. The van der Waals surface area contributed by atoms with E-state index in [9.17, 15) is 0 Å². The van der Waals surface area contributed by atoms with Crippen molar-refractivity contribution in [2.45, 2.75) is 6.16 Å². The van der Waals surface area contributed by atoms with Crippen molar-refractivity contribution in [3.63, 3.8) is 0 Å². The van der Waals surface area contributed by atoms with Crippen LogP contribution in [-0.4, -0.2) is 39.4 Å². The maximum atomic E-state index is 7.74. The van der Waals surface area contributed by atoms with Gasteiger partial charge in [0.25, 0.3) is 0 Å². The van der Waals surface area contributed by atoms with E-state index in [1.165, 1.54) is 0 Å². The molecule has 1 saturated heterocycles. The van der Waals surface area contributed by atoms with Crippen molar-refractivity contribution in [1.82, 2.24) is 0 Å². The first-order valence-corrected chi connectivity index (χ1v) is 1.02. The Bertz CT molecular complexity index is 56.5. The molecule has 0 aliphatic carbocycles. The van der Waals surface area contributed by atoms with Crippen LogP contribution < -0.4 is 0 Å². The third-order valence-electron chi connectivity index (χ3n) is 0.232. The average Bonchev–Trinajstić information content (AvgIpc) is 1.76. The molecule has 0 aromatic heterocycles. The molecule has 0 unspecified atom stereocenters. The van der Waals surface area contributed by atoms with Gasteiger partial charge in [0.05, 0.1) is 0 Å². The van der Waals surface area contributed by atoms with Crippen LogP contribution >= 0.6 is 0 Å². The van der Waals surface area contributed by atoms with Gasteiger partial charge in [-0.25, -0.2) is 0 Å². The molecular weight excluding hydrogens is 148 g/mol. The van der Waals surface area contributed by atoms with Gasteiger partial charge >= 0.3 is 29.2 Å². The van der Waals surface area contributed by atoms with E-state index in [1.54, 1.807) is 0 Å². The number of hydrogen-bond acceptors (Lipinski definition) is 4. The van der Waals surface area contributed by atoms with Crippen LogP contribution in [0, 0.1) is 0 Å². The van der Waals surface area contributed by atoms with Crippen LogP contribution in [0.3, 0.4) is 0 Å². The molecule has 1 aliphatic heterocycles. The average molecular weight is 152 g/mol. The van der Waals surface area contributed by atoms with Crippen LogP contribution in [0.5, 0.6) is 0 Å². The maximum absolute atomic E-state index is 7.74. The SMILES string of the molecule is OC1(O)OO1.[H-].[H-].[Mg+2].[Ti]. The predicted molar refractivity (Wildman–Crippen MR) is 17.3 cm³/mol. The normalized spacial score (nSPS) is 21.4. The fourth-order valence-electron chi connectivity index (χ4n) is 0.0373. The first kappa shape index (κ1) is 11.2. The van der Waals surface area contributed by atoms with Crippen LogP contribution in [-0.2, 0) is 31.5 Å². The monoisotopic (exact) mass is 152 g/mol. The van der Waals surface area contributed by atoms with Crippen molar-refractivity contribution >= 4 is 23.1 Å². The van der Waals surface area contributed by atoms with Gasteiger partial charge in [-0.15, -0.1) is 9.78 Å². The van der Waals surface area contributed by atoms with Gasteiger partial charge in [-0.05, 0) is 0 Å². The predicted octanol–water partition coefficient (Wildman–Crippen LogP) is -1.61. The molecule has 0 amide bonds. The van der Waals surface area contributed by atoms with E-state index in [4.69, 9.17) is 10.2 Å². The Morgan fingerprint density at radius 3 is 1.43 bits per heavy atom. The fourth-order valence-corrected chi connectivity index (χ4v) is 0.0373. The molecule has 0 atom stereocenters. The molecule has 0 spiro atoms. The van der Waals surface area contributed by atoms with Crippen LogP contribution in [0.25, 0.3) is 0 Å². The van der Waals surface area contributed by atoms with Crippen LogP contribution in [0.1, 0.15) is 2.85 Å². The van der Waals surface area contributed by atoms with Crippen LogP contribution in [0.2, 0.25) is 0 Å². The van der Waals surface area contributed by atoms with Crippen molar-refractivity contribution in [3.8, 4) is 0 Å². The molecule has 0 bridgehead atoms. The summed E-state index contributed by atoms with van der Waals surface area (Å²) in [7, 11) is 0. The molecule has 2 N–H and O–H groups in total. The number of aliphatic hydroxyl groups is 2. The summed E-state index contributed by atoms with van der Waals surface area (Å²) in [6.45, 7) is 0. The summed E-state index contributed by atoms with van der Waals surface area (Å²) in [6.07, 6.45) is -2.25. The van der Waals surface area contributed by atoms with E-state index in [0.717, 1.165) is 0 Å². The minimum absolute atomic E-state index is 0. The summed E-state index contributed by atoms with van der Waals surface area (Å²) in [5, 5.41) is 15.5. The zero-order valence-electron chi connectivity index (χ0n) is 5.42. The second-order valence-corrected chi connectivity index (χ2v) is 0.715. The Kier molecular flexibility index (Phi) is 5.37. The first-order valence-electron chi connectivity index (χ1n) is 1.02. The summed E-state index contributed by atoms with van der Waals surface area (Å²) in [6, 6.07) is 0. The van der Waals surface area contributed by atoms with Crippen molar-refractivity contribution in [2.75, 3.05) is 0 Å². The number of hydrogen-bond donors (Lipinski definition) is 2. The summed E-state index contributed by atoms with van der Waals surface area (Å²) in [5.41, 5.74) is 0. The third-order valence-corrected chi connectivity index (χ3v) is 0.232. The fraction of sp³-hybridized carbons (Fsp3) is 1.00. The Morgan fingerprint density at radius 2 is 1.43 bits per heavy atom. The maximum Gasteiger partial charge on any atom is 2.00 e. The number of rotatable bonds is 0. The molecule has 0 aromatic carbocycles. The van der Waals surface area contributed by atoms with Crippen LogP contribution in [0.15, 0.2) is 0 Å². The topological polar surface area (TPSA) is 65.5 Å². The minimum atomic E-state index is -2.25. The molecule has 1 aliphatic rings. The van der Waals surface area contributed by atoms with Gasteiger partial charge in [0.15, 0.2) is 0 Å². The largest absolute Gasteiger partial charge is 2.00 e. The molecule has 6 heteroatoms. The molecular formula is CH4MgO4Ti. The van der Waals surface area contributed by atoms with E-state index in [1.807, 2.05) is 0 Å². The van der Waals surface area contributed by atoms with Gasteiger partial charge in [-0.2, -0.15) is 0 Å². The van der Waals surface area contributed by atoms with E-state index in [2.05, 4.69) is 9.78 Å². The van der Waals surface area contributed by atoms with Gasteiger partial charge in [0.2, 0.25) is 0 Å². The van der Waals surface area contributed by atoms with Crippen molar-refractivity contribution < 1.29 is 44.6 Å². The second-order valence-electron chi connectivity index (χ2n) is 0.715. The zero-order valence-corrected chi connectivity index (χ0v) is 6.39. The smallest absolute Gasteiger partial charge is 1.00 e. The van der Waals surface area contributed by atoms with E-state index in [-0.39, 0.29) is 47.6 Å². The van der Waals surface area contributed by atoms with Gasteiger partial charge in [0.1, 0.15) is 0 Å².